The van der Waals surface area contributed by atoms with Crippen LogP contribution in [-0.4, -0.2) is 62.4 Å². The highest BCUT2D eigenvalue weighted by molar-refractivity contribution is 14.0. The summed E-state index contributed by atoms with van der Waals surface area (Å²) >= 11 is 0. The summed E-state index contributed by atoms with van der Waals surface area (Å²) in [5.74, 6) is 0.965. The van der Waals surface area contributed by atoms with Crippen LogP contribution in [-0.2, 0) is 9.59 Å². The summed E-state index contributed by atoms with van der Waals surface area (Å²) in [6.45, 7) is 3.80. The van der Waals surface area contributed by atoms with Gasteiger partial charge in [-0.3, -0.25) is 14.6 Å². The van der Waals surface area contributed by atoms with Gasteiger partial charge in [0.25, 0.3) is 0 Å². The molecule has 0 aromatic rings. The number of nitrogens with one attached hydrogen (secondary N) is 3. The van der Waals surface area contributed by atoms with Crippen LogP contribution in [0.5, 0.6) is 0 Å². The molecular weight excluding hydrogens is 481 g/mol. The molecule has 2 aliphatic carbocycles. The van der Waals surface area contributed by atoms with Crippen molar-refractivity contribution in [2.45, 2.75) is 77.2 Å². The number of aliphatic imine (C=N–C) groups is 1. The average Bonchev–Trinajstić information content (AvgIpc) is 3.16. The Morgan fingerprint density at radius 3 is 2.28 bits per heavy atom. The van der Waals surface area contributed by atoms with Crippen molar-refractivity contribution >= 4 is 41.8 Å². The first-order valence-electron chi connectivity index (χ1n) is 11.0. The SMILES string of the molecule is CCNC(=NCC1(C(=O)N(C)C)CCCC1)NCCC(=O)NC1CCCCC1.I. The Hall–Kier alpha value is -1.06. The molecule has 0 radical (unpaired) electrons. The van der Waals surface area contributed by atoms with Crippen LogP contribution in [0, 0.1) is 5.41 Å². The number of hydrogen-bond acceptors (Lipinski definition) is 3. The van der Waals surface area contributed by atoms with E-state index in [0.717, 1.165) is 45.1 Å². The Kier molecular flexibility index (Phi) is 11.9. The lowest BCUT2D eigenvalue weighted by atomic mass is 9.85. The third-order valence-electron chi connectivity index (χ3n) is 5.92. The number of guanidine groups is 1. The average molecular weight is 521 g/mol. The largest absolute Gasteiger partial charge is 0.357 e. The first-order valence-corrected chi connectivity index (χ1v) is 11.0. The van der Waals surface area contributed by atoms with Gasteiger partial charge in [0.05, 0.1) is 12.0 Å². The molecule has 168 valence electrons. The highest BCUT2D eigenvalue weighted by atomic mass is 127. The van der Waals surface area contributed by atoms with Gasteiger partial charge in [-0.25, -0.2) is 0 Å². The van der Waals surface area contributed by atoms with Gasteiger partial charge in [0, 0.05) is 39.6 Å². The van der Waals surface area contributed by atoms with Crippen molar-refractivity contribution in [3.63, 3.8) is 0 Å². The quantitative estimate of drug-likeness (QED) is 0.261. The highest BCUT2D eigenvalue weighted by Crippen LogP contribution is 2.39. The molecular formula is C21H40IN5O2. The van der Waals surface area contributed by atoms with E-state index in [1.807, 2.05) is 21.0 Å². The monoisotopic (exact) mass is 521 g/mol. The fourth-order valence-corrected chi connectivity index (χ4v) is 4.38. The molecule has 0 bridgehead atoms. The second kappa shape index (κ2) is 13.3. The zero-order valence-electron chi connectivity index (χ0n) is 18.4. The predicted octanol–water partition coefficient (Wildman–Crippen LogP) is 2.65. The van der Waals surface area contributed by atoms with Crippen LogP contribution >= 0.6 is 24.0 Å². The molecule has 7 nitrogen and oxygen atoms in total. The van der Waals surface area contributed by atoms with Gasteiger partial charge in [-0.2, -0.15) is 0 Å². The van der Waals surface area contributed by atoms with Crippen molar-refractivity contribution in [2.24, 2.45) is 10.4 Å². The summed E-state index contributed by atoms with van der Waals surface area (Å²) in [5, 5.41) is 9.63. The van der Waals surface area contributed by atoms with Crippen molar-refractivity contribution in [3.8, 4) is 0 Å². The number of hydrogen-bond donors (Lipinski definition) is 3. The summed E-state index contributed by atoms with van der Waals surface area (Å²) < 4.78 is 0. The minimum atomic E-state index is -0.371. The number of rotatable bonds is 8. The van der Waals surface area contributed by atoms with Gasteiger partial charge in [0.15, 0.2) is 5.96 Å². The second-order valence-electron chi connectivity index (χ2n) is 8.46. The first kappa shape index (κ1) is 26.0. The van der Waals surface area contributed by atoms with E-state index < -0.39 is 0 Å². The predicted molar refractivity (Wildman–Crippen MR) is 129 cm³/mol. The van der Waals surface area contributed by atoms with Crippen LogP contribution < -0.4 is 16.0 Å². The van der Waals surface area contributed by atoms with Crippen LogP contribution in [0.1, 0.15) is 71.1 Å². The van der Waals surface area contributed by atoms with Crippen LogP contribution in [0.4, 0.5) is 0 Å². The summed E-state index contributed by atoms with van der Waals surface area (Å²) in [5.41, 5.74) is -0.371. The van der Waals surface area contributed by atoms with Gasteiger partial charge in [0.2, 0.25) is 11.8 Å². The number of halogens is 1. The number of nitrogens with zero attached hydrogens (tertiary/aromatic N) is 2. The molecule has 0 aliphatic heterocycles. The van der Waals surface area contributed by atoms with Crippen LogP contribution in [0.25, 0.3) is 0 Å². The van der Waals surface area contributed by atoms with Gasteiger partial charge in [-0.05, 0) is 32.6 Å². The van der Waals surface area contributed by atoms with Crippen molar-refractivity contribution < 1.29 is 9.59 Å². The molecule has 0 aromatic carbocycles. The lowest BCUT2D eigenvalue weighted by Crippen LogP contribution is -2.44. The third-order valence-corrected chi connectivity index (χ3v) is 5.92. The first-order chi connectivity index (χ1) is 13.5. The third kappa shape index (κ3) is 8.30. The summed E-state index contributed by atoms with van der Waals surface area (Å²) in [7, 11) is 3.64. The molecule has 0 aromatic heterocycles. The molecule has 2 rings (SSSR count). The van der Waals surface area contributed by atoms with E-state index >= 15 is 0 Å². The van der Waals surface area contributed by atoms with E-state index in [1.54, 1.807) is 4.90 Å². The van der Waals surface area contributed by atoms with E-state index in [2.05, 4.69) is 16.0 Å². The lowest BCUT2D eigenvalue weighted by Gasteiger charge is -2.29. The van der Waals surface area contributed by atoms with Crippen molar-refractivity contribution in [2.75, 3.05) is 33.7 Å². The molecule has 2 saturated carbocycles. The van der Waals surface area contributed by atoms with E-state index in [-0.39, 0.29) is 41.2 Å². The van der Waals surface area contributed by atoms with Gasteiger partial charge >= 0.3 is 0 Å². The van der Waals surface area contributed by atoms with Crippen molar-refractivity contribution in [1.29, 1.82) is 0 Å². The van der Waals surface area contributed by atoms with Crippen LogP contribution in [0.15, 0.2) is 4.99 Å². The van der Waals surface area contributed by atoms with Gasteiger partial charge < -0.3 is 20.9 Å². The molecule has 0 atom stereocenters. The fourth-order valence-electron chi connectivity index (χ4n) is 4.38. The van der Waals surface area contributed by atoms with E-state index in [0.29, 0.717) is 31.5 Å². The number of carbonyl (C=O) groups is 2. The summed E-state index contributed by atoms with van der Waals surface area (Å²) in [6.07, 6.45) is 10.3. The molecule has 2 amide bonds. The molecule has 0 unspecified atom stereocenters. The molecule has 2 aliphatic rings. The zero-order chi connectivity index (χ0) is 20.4. The van der Waals surface area contributed by atoms with Gasteiger partial charge in [-0.15, -0.1) is 24.0 Å². The standard InChI is InChI=1S/C21H39N5O2.HI/c1-4-22-20(23-15-12-18(27)25-17-10-6-5-7-11-17)24-16-21(13-8-9-14-21)19(28)26(2)3;/h17H,4-16H2,1-3H3,(H,25,27)(H2,22,23,24);1H. The van der Waals surface area contributed by atoms with E-state index in [1.165, 1.54) is 19.3 Å². The molecule has 29 heavy (non-hydrogen) atoms. The molecule has 0 spiro atoms. The number of carbonyl (C=O) groups excluding carboxylic acids is 2. The Labute approximate surface area is 193 Å². The van der Waals surface area contributed by atoms with E-state index in [9.17, 15) is 9.59 Å². The van der Waals surface area contributed by atoms with Crippen molar-refractivity contribution in [3.05, 3.63) is 0 Å². The molecule has 8 heteroatoms. The summed E-state index contributed by atoms with van der Waals surface area (Å²) in [4.78, 5) is 31.3. The van der Waals surface area contributed by atoms with Crippen LogP contribution in [0.3, 0.4) is 0 Å². The second-order valence-corrected chi connectivity index (χ2v) is 8.46. The van der Waals surface area contributed by atoms with Gasteiger partial charge in [0.1, 0.15) is 0 Å². The zero-order valence-corrected chi connectivity index (χ0v) is 20.7. The highest BCUT2D eigenvalue weighted by Gasteiger charge is 2.42. The molecule has 3 N–H and O–H groups in total. The molecule has 0 saturated heterocycles. The maximum absolute atomic E-state index is 12.7. The Morgan fingerprint density at radius 2 is 1.69 bits per heavy atom. The summed E-state index contributed by atoms with van der Waals surface area (Å²) in [6, 6.07) is 0.349. The van der Waals surface area contributed by atoms with Crippen molar-refractivity contribution in [1.82, 2.24) is 20.9 Å². The molecule has 2 fully saturated rings. The smallest absolute Gasteiger partial charge is 0.230 e. The topological polar surface area (TPSA) is 85.8 Å². The maximum atomic E-state index is 12.7. The minimum absolute atomic E-state index is 0. The maximum Gasteiger partial charge on any atom is 0.230 e. The van der Waals surface area contributed by atoms with E-state index in [4.69, 9.17) is 4.99 Å². The minimum Gasteiger partial charge on any atom is -0.357 e. The van der Waals surface area contributed by atoms with Gasteiger partial charge in [-0.1, -0.05) is 32.1 Å². The number of amides is 2. The Balaban J connectivity index is 0.00000420. The fraction of sp³-hybridized carbons (Fsp3) is 0.857. The normalized spacial score (nSPS) is 19.2. The lowest BCUT2D eigenvalue weighted by molar-refractivity contribution is -0.138. The van der Waals surface area contributed by atoms with Crippen LogP contribution in [0.2, 0.25) is 0 Å². The Morgan fingerprint density at radius 1 is 1.03 bits per heavy atom. The molecule has 0 heterocycles. The Bertz CT molecular complexity index is 541.